The highest BCUT2D eigenvalue weighted by atomic mass is 79.9. The third-order valence-electron chi connectivity index (χ3n) is 5.06. The van der Waals surface area contributed by atoms with E-state index in [1.54, 1.807) is 0 Å². The predicted octanol–water partition coefficient (Wildman–Crippen LogP) is 6.60. The Morgan fingerprint density at radius 2 is 1.54 bits per heavy atom. The van der Waals surface area contributed by atoms with Crippen LogP contribution in [0.15, 0.2) is 59.1 Å². The molecule has 0 aliphatic heterocycles. The molecule has 142 valence electrons. The Bertz CT molecular complexity index is 663. The molecule has 0 saturated heterocycles. The highest BCUT2D eigenvalue weighted by Crippen LogP contribution is 2.37. The average Bonchev–Trinajstić information content (AvgIpc) is 2.56. The van der Waals surface area contributed by atoms with Crippen LogP contribution < -0.4 is 0 Å². The first kappa shape index (κ1) is 21.4. The van der Waals surface area contributed by atoms with Gasteiger partial charge in [0.05, 0.1) is 19.3 Å². The van der Waals surface area contributed by atoms with Crippen molar-refractivity contribution in [1.29, 1.82) is 0 Å². The molecule has 0 N–H and O–H groups in total. The second-order valence-electron chi connectivity index (χ2n) is 8.33. The molecule has 0 aliphatic carbocycles. The van der Waals surface area contributed by atoms with Gasteiger partial charge in [-0.2, -0.15) is 0 Å². The van der Waals surface area contributed by atoms with Gasteiger partial charge in [-0.1, -0.05) is 79.2 Å². The molecule has 0 fully saturated rings. The van der Waals surface area contributed by atoms with E-state index in [2.05, 4.69) is 86.2 Å². The van der Waals surface area contributed by atoms with Crippen molar-refractivity contribution in [2.24, 2.45) is 0 Å². The Balaban J connectivity index is 2.03. The number of benzene rings is 2. The van der Waals surface area contributed by atoms with Crippen molar-refractivity contribution in [2.75, 3.05) is 6.61 Å². The molecule has 1 unspecified atom stereocenters. The Morgan fingerprint density at radius 1 is 0.923 bits per heavy atom. The van der Waals surface area contributed by atoms with Gasteiger partial charge in [0.25, 0.3) is 0 Å². The molecule has 0 heterocycles. The molecule has 4 heteroatoms. The zero-order valence-corrected chi connectivity index (χ0v) is 19.2. The van der Waals surface area contributed by atoms with Gasteiger partial charge in [0, 0.05) is 4.47 Å². The number of ether oxygens (including phenoxy) is 1. The van der Waals surface area contributed by atoms with Gasteiger partial charge in [-0.25, -0.2) is 0 Å². The second-order valence-corrected chi connectivity index (χ2v) is 14.0. The normalized spacial score (nSPS) is 13.6. The summed E-state index contributed by atoms with van der Waals surface area (Å²) in [5.41, 5.74) is 2.47. The Labute approximate surface area is 168 Å². The molecule has 0 saturated carbocycles. The monoisotopic (exact) mass is 434 g/mol. The van der Waals surface area contributed by atoms with Crippen molar-refractivity contribution >= 4 is 24.2 Å². The standard InChI is InChI=1S/C22H31BrO2Si/c1-22(2,3)26(4,5)25-21(15-18-11-13-20(23)14-12-18)17-24-16-19-9-7-6-8-10-19/h6-14,21H,15-17H2,1-5H3. The van der Waals surface area contributed by atoms with Crippen LogP contribution in [-0.2, 0) is 22.2 Å². The summed E-state index contributed by atoms with van der Waals surface area (Å²) in [5, 5.41) is 0.185. The summed E-state index contributed by atoms with van der Waals surface area (Å²) in [6.45, 7) is 12.7. The molecule has 0 aromatic heterocycles. The molecule has 0 aliphatic rings. The molecular weight excluding hydrogens is 404 g/mol. The van der Waals surface area contributed by atoms with Crippen molar-refractivity contribution < 1.29 is 9.16 Å². The van der Waals surface area contributed by atoms with Gasteiger partial charge in [-0.3, -0.25) is 0 Å². The summed E-state index contributed by atoms with van der Waals surface area (Å²) < 4.78 is 13.8. The average molecular weight is 435 g/mol. The van der Waals surface area contributed by atoms with Crippen molar-refractivity contribution in [3.8, 4) is 0 Å². The first-order valence-corrected chi connectivity index (χ1v) is 12.9. The maximum absolute atomic E-state index is 6.68. The predicted molar refractivity (Wildman–Crippen MR) is 116 cm³/mol. The van der Waals surface area contributed by atoms with E-state index in [1.807, 2.05) is 18.2 Å². The van der Waals surface area contributed by atoms with E-state index < -0.39 is 8.32 Å². The minimum Gasteiger partial charge on any atom is -0.411 e. The van der Waals surface area contributed by atoms with E-state index in [1.165, 1.54) is 11.1 Å². The first-order valence-electron chi connectivity index (χ1n) is 9.21. The quantitative estimate of drug-likeness (QED) is 0.435. The Morgan fingerprint density at radius 3 is 2.12 bits per heavy atom. The van der Waals surface area contributed by atoms with Crippen LogP contribution in [0.2, 0.25) is 18.1 Å². The van der Waals surface area contributed by atoms with Gasteiger partial charge in [0.2, 0.25) is 0 Å². The minimum absolute atomic E-state index is 0.0702. The first-order chi connectivity index (χ1) is 12.2. The Hall–Kier alpha value is -0.943. The van der Waals surface area contributed by atoms with E-state index in [0.717, 1.165) is 10.9 Å². The molecule has 2 aromatic carbocycles. The zero-order chi connectivity index (χ0) is 19.2. The molecule has 2 nitrogen and oxygen atoms in total. The fourth-order valence-electron chi connectivity index (χ4n) is 2.49. The number of hydrogen-bond donors (Lipinski definition) is 0. The number of rotatable bonds is 8. The summed E-state index contributed by atoms with van der Waals surface area (Å²) in [6.07, 6.45) is 0.940. The largest absolute Gasteiger partial charge is 0.411 e. The summed E-state index contributed by atoms with van der Waals surface area (Å²) in [6, 6.07) is 18.8. The molecule has 0 amide bonds. The van der Waals surface area contributed by atoms with E-state index in [4.69, 9.17) is 9.16 Å². The van der Waals surface area contributed by atoms with Crippen molar-refractivity contribution in [3.63, 3.8) is 0 Å². The fraction of sp³-hybridized carbons (Fsp3) is 0.455. The van der Waals surface area contributed by atoms with Crippen LogP contribution in [0.4, 0.5) is 0 Å². The third kappa shape index (κ3) is 6.65. The maximum atomic E-state index is 6.68. The molecule has 2 rings (SSSR count). The topological polar surface area (TPSA) is 18.5 Å². The summed E-state index contributed by atoms with van der Waals surface area (Å²) in [5.74, 6) is 0. The van der Waals surface area contributed by atoms with Crippen molar-refractivity contribution in [1.82, 2.24) is 0 Å². The summed E-state index contributed by atoms with van der Waals surface area (Å²) in [4.78, 5) is 0. The van der Waals surface area contributed by atoms with Crippen LogP contribution in [0.25, 0.3) is 0 Å². The molecule has 2 aromatic rings. The van der Waals surface area contributed by atoms with Gasteiger partial charge < -0.3 is 9.16 Å². The van der Waals surface area contributed by atoms with Gasteiger partial charge in [0.1, 0.15) is 0 Å². The molecule has 26 heavy (non-hydrogen) atoms. The van der Waals surface area contributed by atoms with Gasteiger partial charge in [-0.05, 0) is 47.8 Å². The van der Waals surface area contributed by atoms with Crippen molar-refractivity contribution in [2.45, 2.75) is 58.0 Å². The highest BCUT2D eigenvalue weighted by Gasteiger charge is 2.39. The lowest BCUT2D eigenvalue weighted by atomic mass is 10.1. The second kappa shape index (κ2) is 9.31. The maximum Gasteiger partial charge on any atom is 0.192 e. The zero-order valence-electron chi connectivity index (χ0n) is 16.6. The van der Waals surface area contributed by atoms with Gasteiger partial charge in [0.15, 0.2) is 8.32 Å². The Kier molecular flexibility index (Phi) is 7.65. The number of hydrogen-bond acceptors (Lipinski definition) is 2. The van der Waals surface area contributed by atoms with E-state index in [9.17, 15) is 0 Å². The van der Waals surface area contributed by atoms with Crippen LogP contribution in [0.3, 0.4) is 0 Å². The van der Waals surface area contributed by atoms with E-state index >= 15 is 0 Å². The summed E-state index contributed by atoms with van der Waals surface area (Å²) in [7, 11) is -1.85. The molecular formula is C22H31BrO2Si. The fourth-order valence-corrected chi connectivity index (χ4v) is 4.10. The SMILES string of the molecule is CC(C)(C)[Si](C)(C)OC(COCc1ccccc1)Cc1ccc(Br)cc1. The van der Waals surface area contributed by atoms with Crippen molar-refractivity contribution in [3.05, 3.63) is 70.2 Å². The lowest BCUT2D eigenvalue weighted by Gasteiger charge is -2.39. The minimum atomic E-state index is -1.85. The smallest absolute Gasteiger partial charge is 0.192 e. The van der Waals surface area contributed by atoms with Crippen LogP contribution >= 0.6 is 15.9 Å². The van der Waals surface area contributed by atoms with E-state index in [0.29, 0.717) is 13.2 Å². The lowest BCUT2D eigenvalue weighted by Crippen LogP contribution is -2.45. The molecule has 0 radical (unpaired) electrons. The van der Waals surface area contributed by atoms with Gasteiger partial charge in [-0.15, -0.1) is 0 Å². The molecule has 0 spiro atoms. The molecule has 1 atom stereocenters. The molecule has 0 bridgehead atoms. The van der Waals surface area contributed by atoms with Crippen LogP contribution in [-0.4, -0.2) is 21.0 Å². The van der Waals surface area contributed by atoms with Crippen LogP contribution in [0.5, 0.6) is 0 Å². The van der Waals surface area contributed by atoms with Crippen LogP contribution in [0, 0.1) is 0 Å². The highest BCUT2D eigenvalue weighted by molar-refractivity contribution is 9.10. The van der Waals surface area contributed by atoms with E-state index in [-0.39, 0.29) is 11.1 Å². The lowest BCUT2D eigenvalue weighted by molar-refractivity contribution is 0.0346. The van der Waals surface area contributed by atoms with Gasteiger partial charge >= 0.3 is 0 Å². The van der Waals surface area contributed by atoms with Crippen LogP contribution in [0.1, 0.15) is 31.9 Å². The number of halogens is 1. The third-order valence-corrected chi connectivity index (χ3v) is 10.1. The summed E-state index contributed by atoms with van der Waals surface area (Å²) >= 11 is 3.51.